The Morgan fingerprint density at radius 2 is 1.76 bits per heavy atom. The van der Waals surface area contributed by atoms with Crippen LogP contribution in [0, 0.1) is 6.92 Å². The second kappa shape index (κ2) is 11.7. The maximum absolute atomic E-state index is 12.6. The van der Waals surface area contributed by atoms with Gasteiger partial charge in [-0.2, -0.15) is 0 Å². The largest absolute Gasteiger partial charge is 0.368 e. The van der Waals surface area contributed by atoms with E-state index in [-0.39, 0.29) is 24.7 Å². The van der Waals surface area contributed by atoms with Gasteiger partial charge in [0, 0.05) is 55.5 Å². The highest BCUT2D eigenvalue weighted by molar-refractivity contribution is 8.00. The van der Waals surface area contributed by atoms with E-state index in [0.717, 1.165) is 28.9 Å². The van der Waals surface area contributed by atoms with E-state index >= 15 is 0 Å². The summed E-state index contributed by atoms with van der Waals surface area (Å²) in [7, 11) is 0. The van der Waals surface area contributed by atoms with Crippen LogP contribution in [0.25, 0.3) is 0 Å². The molecule has 34 heavy (non-hydrogen) atoms. The van der Waals surface area contributed by atoms with Crippen LogP contribution in [0.3, 0.4) is 0 Å². The summed E-state index contributed by atoms with van der Waals surface area (Å²) in [6, 6.07) is 16.0. The van der Waals surface area contributed by atoms with Gasteiger partial charge < -0.3 is 15.1 Å². The van der Waals surface area contributed by atoms with Crippen molar-refractivity contribution in [2.24, 2.45) is 0 Å². The molecule has 1 saturated heterocycles. The average molecular weight is 516 g/mol. The Bertz CT molecular complexity index is 1130. The molecule has 10 heteroatoms. The molecule has 178 valence electrons. The molecule has 1 N–H and O–H groups in total. The normalized spacial score (nSPS) is 13.7. The monoisotopic (exact) mass is 515 g/mol. The first kappa shape index (κ1) is 24.5. The fraction of sp³-hybridized carbons (Fsp3) is 0.333. The number of carbonyl (C=O) groups is 2. The predicted octanol–water partition coefficient (Wildman–Crippen LogP) is 4.86. The molecule has 0 saturated carbocycles. The van der Waals surface area contributed by atoms with Gasteiger partial charge in [0.1, 0.15) is 0 Å². The van der Waals surface area contributed by atoms with Crippen molar-refractivity contribution >= 4 is 57.3 Å². The number of anilines is 2. The van der Waals surface area contributed by atoms with Gasteiger partial charge in [-0.3, -0.25) is 9.59 Å². The van der Waals surface area contributed by atoms with Crippen molar-refractivity contribution in [1.82, 2.24) is 15.1 Å². The maximum Gasteiger partial charge on any atom is 0.226 e. The second-order valence-corrected chi connectivity index (χ2v) is 10.6. The van der Waals surface area contributed by atoms with E-state index in [2.05, 4.69) is 39.5 Å². The van der Waals surface area contributed by atoms with Crippen molar-refractivity contribution < 1.29 is 9.59 Å². The van der Waals surface area contributed by atoms with Crippen molar-refractivity contribution in [1.29, 1.82) is 0 Å². The Morgan fingerprint density at radius 3 is 2.50 bits per heavy atom. The highest BCUT2D eigenvalue weighted by Crippen LogP contribution is 2.29. The lowest BCUT2D eigenvalue weighted by atomic mass is 10.1. The molecule has 1 aliphatic rings. The van der Waals surface area contributed by atoms with Crippen LogP contribution in [0.5, 0.6) is 0 Å². The Hall–Kier alpha value is -2.62. The SMILES string of the molecule is Cc1ccccc1CSc1nnc(NC(=O)CCC(=O)N2CCN(c3ccc(Cl)cc3)CC2)s1. The number of hydrogen-bond donors (Lipinski definition) is 1. The molecule has 1 fully saturated rings. The average Bonchev–Trinajstić information content (AvgIpc) is 3.30. The van der Waals surface area contributed by atoms with Gasteiger partial charge in [0.2, 0.25) is 16.9 Å². The van der Waals surface area contributed by atoms with E-state index in [0.29, 0.717) is 23.2 Å². The lowest BCUT2D eigenvalue weighted by molar-refractivity contribution is -0.133. The quantitative estimate of drug-likeness (QED) is 0.341. The van der Waals surface area contributed by atoms with E-state index in [1.165, 1.54) is 22.5 Å². The Morgan fingerprint density at radius 1 is 1.03 bits per heavy atom. The van der Waals surface area contributed by atoms with Gasteiger partial charge in [-0.05, 0) is 42.3 Å². The molecule has 0 radical (unpaired) electrons. The smallest absolute Gasteiger partial charge is 0.226 e. The number of nitrogens with zero attached hydrogens (tertiary/aromatic N) is 4. The standard InChI is InChI=1S/C24H26ClN5O2S2/c1-17-4-2-3-5-18(17)16-33-24-28-27-23(34-24)26-21(31)10-11-22(32)30-14-12-29(13-15-30)20-8-6-19(25)7-9-20/h2-9H,10-16H2,1H3,(H,26,27,31). The number of carbonyl (C=O) groups excluding carboxylic acids is 2. The van der Waals surface area contributed by atoms with E-state index in [9.17, 15) is 9.59 Å². The zero-order valence-corrected chi connectivity index (χ0v) is 21.3. The third-order valence-electron chi connectivity index (χ3n) is 5.66. The molecular formula is C24H26ClN5O2S2. The molecular weight excluding hydrogens is 490 g/mol. The van der Waals surface area contributed by atoms with Gasteiger partial charge in [0.05, 0.1) is 0 Å². The first-order valence-electron chi connectivity index (χ1n) is 11.1. The minimum Gasteiger partial charge on any atom is -0.368 e. The summed E-state index contributed by atoms with van der Waals surface area (Å²) >= 11 is 8.90. The summed E-state index contributed by atoms with van der Waals surface area (Å²) in [5.41, 5.74) is 3.59. The fourth-order valence-electron chi connectivity index (χ4n) is 3.66. The zero-order valence-electron chi connectivity index (χ0n) is 18.9. The van der Waals surface area contributed by atoms with Crippen molar-refractivity contribution in [3.8, 4) is 0 Å². The van der Waals surface area contributed by atoms with Gasteiger partial charge in [0.25, 0.3) is 0 Å². The van der Waals surface area contributed by atoms with Gasteiger partial charge in [-0.25, -0.2) is 0 Å². The summed E-state index contributed by atoms with van der Waals surface area (Å²) in [5.74, 6) is 0.576. The van der Waals surface area contributed by atoms with Gasteiger partial charge in [-0.15, -0.1) is 10.2 Å². The molecule has 0 aliphatic carbocycles. The zero-order chi connectivity index (χ0) is 23.9. The third-order valence-corrected chi connectivity index (χ3v) is 7.93. The molecule has 4 rings (SSSR count). The topological polar surface area (TPSA) is 78.4 Å². The predicted molar refractivity (Wildman–Crippen MR) is 139 cm³/mol. The van der Waals surface area contributed by atoms with E-state index in [4.69, 9.17) is 11.6 Å². The summed E-state index contributed by atoms with van der Waals surface area (Å²) in [6.07, 6.45) is 0.308. The second-order valence-electron chi connectivity index (χ2n) is 7.98. The van der Waals surface area contributed by atoms with Crippen molar-refractivity contribution in [3.63, 3.8) is 0 Å². The summed E-state index contributed by atoms with van der Waals surface area (Å²) in [5, 5.41) is 12.1. The Labute approximate surface area is 212 Å². The maximum atomic E-state index is 12.6. The number of amides is 2. The molecule has 0 bridgehead atoms. The molecule has 0 unspecified atom stereocenters. The minimum atomic E-state index is -0.222. The fourth-order valence-corrected chi connectivity index (χ4v) is 5.63. The van der Waals surface area contributed by atoms with Crippen LogP contribution in [0.4, 0.5) is 10.8 Å². The third kappa shape index (κ3) is 6.71. The molecule has 2 aromatic carbocycles. The number of thioether (sulfide) groups is 1. The van der Waals surface area contributed by atoms with Gasteiger partial charge >= 0.3 is 0 Å². The van der Waals surface area contributed by atoms with Crippen molar-refractivity contribution in [2.45, 2.75) is 29.9 Å². The van der Waals surface area contributed by atoms with Crippen LogP contribution in [0.1, 0.15) is 24.0 Å². The molecule has 0 atom stereocenters. The number of aryl methyl sites for hydroxylation is 1. The highest BCUT2D eigenvalue weighted by atomic mass is 35.5. The number of rotatable bonds is 8. The number of piperazine rings is 1. The number of aromatic nitrogens is 2. The van der Waals surface area contributed by atoms with E-state index in [1.54, 1.807) is 11.8 Å². The number of benzene rings is 2. The van der Waals surface area contributed by atoms with Crippen LogP contribution < -0.4 is 10.2 Å². The molecule has 2 amide bonds. The Kier molecular flexibility index (Phi) is 8.42. The van der Waals surface area contributed by atoms with Gasteiger partial charge in [0.15, 0.2) is 4.34 Å². The Balaban J connectivity index is 1.17. The van der Waals surface area contributed by atoms with Gasteiger partial charge in [-0.1, -0.05) is 59.0 Å². The van der Waals surface area contributed by atoms with Crippen LogP contribution in [-0.4, -0.2) is 53.1 Å². The van der Waals surface area contributed by atoms with Crippen LogP contribution >= 0.6 is 34.7 Å². The van der Waals surface area contributed by atoms with E-state index < -0.39 is 0 Å². The number of nitrogens with one attached hydrogen (secondary N) is 1. The molecule has 0 spiro atoms. The lowest BCUT2D eigenvalue weighted by Crippen LogP contribution is -2.48. The molecule has 1 aromatic heterocycles. The van der Waals surface area contributed by atoms with Crippen LogP contribution in [0.2, 0.25) is 5.02 Å². The summed E-state index contributed by atoms with van der Waals surface area (Å²) < 4.78 is 0.799. The van der Waals surface area contributed by atoms with Crippen LogP contribution in [-0.2, 0) is 15.3 Å². The first-order chi connectivity index (χ1) is 16.5. The lowest BCUT2D eigenvalue weighted by Gasteiger charge is -2.36. The number of hydrogen-bond acceptors (Lipinski definition) is 7. The molecule has 1 aliphatic heterocycles. The molecule has 2 heterocycles. The van der Waals surface area contributed by atoms with E-state index in [1.807, 2.05) is 41.3 Å². The minimum absolute atomic E-state index is 0.00218. The number of halogens is 1. The molecule has 7 nitrogen and oxygen atoms in total. The summed E-state index contributed by atoms with van der Waals surface area (Å²) in [4.78, 5) is 29.0. The first-order valence-corrected chi connectivity index (χ1v) is 13.2. The van der Waals surface area contributed by atoms with Crippen molar-refractivity contribution in [2.75, 3.05) is 36.4 Å². The van der Waals surface area contributed by atoms with Crippen molar-refractivity contribution in [3.05, 3.63) is 64.7 Å². The molecule has 3 aromatic rings. The highest BCUT2D eigenvalue weighted by Gasteiger charge is 2.22. The van der Waals surface area contributed by atoms with Crippen LogP contribution in [0.15, 0.2) is 52.9 Å². The summed E-state index contributed by atoms with van der Waals surface area (Å²) in [6.45, 7) is 4.88.